The number of nitrogens with zero attached hydrogens (tertiary/aromatic N) is 3. The highest BCUT2D eigenvalue weighted by Crippen LogP contribution is 2.30. The summed E-state index contributed by atoms with van der Waals surface area (Å²) in [6.45, 7) is 5.87. The molecule has 0 saturated carbocycles. The molecule has 164 valence electrons. The number of ether oxygens (including phenoxy) is 2. The van der Waals surface area contributed by atoms with Gasteiger partial charge in [-0.25, -0.2) is 4.39 Å². The van der Waals surface area contributed by atoms with Gasteiger partial charge in [0, 0.05) is 39.4 Å². The van der Waals surface area contributed by atoms with Crippen molar-refractivity contribution < 1.29 is 13.9 Å². The van der Waals surface area contributed by atoms with Crippen molar-refractivity contribution in [2.45, 2.75) is 31.2 Å². The van der Waals surface area contributed by atoms with Crippen LogP contribution in [-0.2, 0) is 4.74 Å². The maximum Gasteiger partial charge on any atom is 0.193 e. The predicted molar refractivity (Wildman–Crippen MR) is 125 cm³/mol. The van der Waals surface area contributed by atoms with Crippen molar-refractivity contribution in [1.29, 1.82) is 0 Å². The number of benzene rings is 1. The molecule has 0 amide bonds. The Balaban J connectivity index is 0.00000300. The number of hydrogen-bond acceptors (Lipinski definition) is 4. The van der Waals surface area contributed by atoms with Gasteiger partial charge in [0.1, 0.15) is 6.61 Å². The van der Waals surface area contributed by atoms with Crippen molar-refractivity contribution in [3.63, 3.8) is 0 Å². The van der Waals surface area contributed by atoms with E-state index in [1.807, 2.05) is 11.9 Å². The van der Waals surface area contributed by atoms with Crippen LogP contribution in [-0.4, -0.2) is 81.4 Å². The van der Waals surface area contributed by atoms with Crippen LogP contribution in [0.15, 0.2) is 29.3 Å². The second-order valence-corrected chi connectivity index (χ2v) is 7.63. The SMILES string of the molecule is CN=C(NCC1(N2CCCC2)CCOCC1)N(C)CCOc1ccccc1F.I. The number of hydrogen-bond donors (Lipinski definition) is 1. The molecule has 0 unspecified atom stereocenters. The Morgan fingerprint density at radius 3 is 2.62 bits per heavy atom. The maximum absolute atomic E-state index is 13.7. The van der Waals surface area contributed by atoms with Crippen LogP contribution >= 0.6 is 24.0 Å². The first-order valence-corrected chi connectivity index (χ1v) is 10.3. The number of rotatable bonds is 7. The van der Waals surface area contributed by atoms with E-state index in [1.54, 1.807) is 25.2 Å². The molecule has 2 fully saturated rings. The Hall–Kier alpha value is -1.13. The normalized spacial score (nSPS) is 19.5. The van der Waals surface area contributed by atoms with Crippen LogP contribution in [0.25, 0.3) is 0 Å². The molecule has 0 radical (unpaired) electrons. The number of nitrogens with one attached hydrogen (secondary N) is 1. The van der Waals surface area contributed by atoms with Crippen molar-refractivity contribution in [2.24, 2.45) is 4.99 Å². The van der Waals surface area contributed by atoms with E-state index < -0.39 is 0 Å². The molecule has 0 bridgehead atoms. The summed E-state index contributed by atoms with van der Waals surface area (Å²) in [5, 5.41) is 3.57. The average Bonchev–Trinajstić information content (AvgIpc) is 3.26. The standard InChI is InChI=1S/C21H33FN4O2.HI/c1-23-20(25(2)13-16-28-19-8-4-3-7-18(19)22)24-17-21(9-14-27-15-10-21)26-11-5-6-12-26;/h3-4,7-8H,5-6,9-17H2,1-2H3,(H,23,24);1H. The summed E-state index contributed by atoms with van der Waals surface area (Å²) in [4.78, 5) is 9.09. The zero-order chi connectivity index (χ0) is 19.8. The van der Waals surface area contributed by atoms with Crippen molar-refractivity contribution in [3.8, 4) is 5.75 Å². The molecule has 2 aliphatic rings. The summed E-state index contributed by atoms with van der Waals surface area (Å²) in [5.74, 6) is 0.788. The van der Waals surface area contributed by atoms with Crippen molar-refractivity contribution in [2.75, 3.05) is 60.1 Å². The minimum absolute atomic E-state index is 0. The van der Waals surface area contributed by atoms with E-state index in [1.165, 1.54) is 32.0 Å². The highest BCUT2D eigenvalue weighted by Gasteiger charge is 2.39. The topological polar surface area (TPSA) is 49.3 Å². The monoisotopic (exact) mass is 520 g/mol. The zero-order valence-electron chi connectivity index (χ0n) is 17.5. The van der Waals surface area contributed by atoms with Crippen LogP contribution in [0, 0.1) is 5.82 Å². The fourth-order valence-electron chi connectivity index (χ4n) is 4.14. The van der Waals surface area contributed by atoms with E-state index in [4.69, 9.17) is 9.47 Å². The summed E-state index contributed by atoms with van der Waals surface area (Å²) < 4.78 is 24.9. The van der Waals surface area contributed by atoms with E-state index in [0.717, 1.165) is 38.6 Å². The van der Waals surface area contributed by atoms with E-state index in [2.05, 4.69) is 15.2 Å². The number of halogens is 2. The second-order valence-electron chi connectivity index (χ2n) is 7.63. The van der Waals surface area contributed by atoms with Gasteiger partial charge in [-0.05, 0) is 50.9 Å². The third-order valence-corrected chi connectivity index (χ3v) is 5.87. The number of guanidine groups is 1. The van der Waals surface area contributed by atoms with Gasteiger partial charge >= 0.3 is 0 Å². The molecule has 8 heteroatoms. The van der Waals surface area contributed by atoms with Gasteiger partial charge in [-0.2, -0.15) is 0 Å². The fourth-order valence-corrected chi connectivity index (χ4v) is 4.14. The van der Waals surface area contributed by atoms with Crippen LogP contribution in [0.5, 0.6) is 5.75 Å². The molecule has 1 N–H and O–H groups in total. The molecule has 0 spiro atoms. The molecule has 2 saturated heterocycles. The maximum atomic E-state index is 13.7. The van der Waals surface area contributed by atoms with Crippen LogP contribution in [0.3, 0.4) is 0 Å². The summed E-state index contributed by atoms with van der Waals surface area (Å²) >= 11 is 0. The first kappa shape index (κ1) is 24.1. The van der Waals surface area contributed by atoms with Gasteiger partial charge in [-0.1, -0.05) is 12.1 Å². The molecule has 1 aromatic carbocycles. The van der Waals surface area contributed by atoms with Crippen LogP contribution in [0.2, 0.25) is 0 Å². The number of aliphatic imine (C=N–C) groups is 1. The number of likely N-dealkylation sites (tertiary alicyclic amines) is 1. The largest absolute Gasteiger partial charge is 0.489 e. The predicted octanol–water partition coefficient (Wildman–Crippen LogP) is 2.97. The van der Waals surface area contributed by atoms with E-state index in [0.29, 0.717) is 13.2 Å². The van der Waals surface area contributed by atoms with Crippen molar-refractivity contribution in [1.82, 2.24) is 15.1 Å². The van der Waals surface area contributed by atoms with Gasteiger partial charge in [0.05, 0.1) is 6.54 Å². The first-order chi connectivity index (χ1) is 13.6. The number of likely N-dealkylation sites (N-methyl/N-ethyl adjacent to an activating group) is 1. The lowest BCUT2D eigenvalue weighted by Gasteiger charge is -2.45. The Labute approximate surface area is 190 Å². The Morgan fingerprint density at radius 2 is 1.97 bits per heavy atom. The van der Waals surface area contributed by atoms with Crippen molar-refractivity contribution in [3.05, 3.63) is 30.1 Å². The molecule has 1 aromatic rings. The number of para-hydroxylation sites is 1. The third kappa shape index (κ3) is 6.42. The summed E-state index contributed by atoms with van der Waals surface area (Å²) in [7, 11) is 3.77. The van der Waals surface area contributed by atoms with E-state index in [-0.39, 0.29) is 41.1 Å². The smallest absolute Gasteiger partial charge is 0.193 e. The molecule has 3 rings (SSSR count). The molecular formula is C21H34FIN4O2. The highest BCUT2D eigenvalue weighted by atomic mass is 127. The highest BCUT2D eigenvalue weighted by molar-refractivity contribution is 14.0. The summed E-state index contributed by atoms with van der Waals surface area (Å²) in [6.07, 6.45) is 4.67. The molecule has 29 heavy (non-hydrogen) atoms. The lowest BCUT2D eigenvalue weighted by atomic mass is 9.88. The molecule has 2 aliphatic heterocycles. The lowest BCUT2D eigenvalue weighted by molar-refractivity contribution is -0.0166. The molecule has 6 nitrogen and oxygen atoms in total. The van der Waals surface area contributed by atoms with Gasteiger partial charge in [-0.15, -0.1) is 24.0 Å². The van der Waals surface area contributed by atoms with Gasteiger partial charge < -0.3 is 19.7 Å². The fraction of sp³-hybridized carbons (Fsp3) is 0.667. The lowest BCUT2D eigenvalue weighted by Crippen LogP contribution is -2.58. The Bertz CT molecular complexity index is 649. The van der Waals surface area contributed by atoms with Gasteiger partial charge in [0.25, 0.3) is 0 Å². The van der Waals surface area contributed by atoms with Crippen LogP contribution in [0.1, 0.15) is 25.7 Å². The summed E-state index contributed by atoms with van der Waals surface area (Å²) in [5.41, 5.74) is 0.148. The van der Waals surface area contributed by atoms with Crippen LogP contribution < -0.4 is 10.1 Å². The molecule has 0 aliphatic carbocycles. The molecule has 0 atom stereocenters. The van der Waals surface area contributed by atoms with E-state index in [9.17, 15) is 4.39 Å². The second kappa shape index (κ2) is 11.9. The van der Waals surface area contributed by atoms with Gasteiger partial charge in [-0.3, -0.25) is 9.89 Å². The minimum Gasteiger partial charge on any atom is -0.489 e. The Morgan fingerprint density at radius 1 is 1.28 bits per heavy atom. The molecule has 2 heterocycles. The van der Waals surface area contributed by atoms with Crippen LogP contribution in [0.4, 0.5) is 4.39 Å². The van der Waals surface area contributed by atoms with E-state index >= 15 is 0 Å². The third-order valence-electron chi connectivity index (χ3n) is 5.87. The van der Waals surface area contributed by atoms with Gasteiger partial charge in [0.2, 0.25) is 0 Å². The van der Waals surface area contributed by atoms with Crippen molar-refractivity contribution >= 4 is 29.9 Å². The first-order valence-electron chi connectivity index (χ1n) is 10.3. The summed E-state index contributed by atoms with van der Waals surface area (Å²) in [6, 6.07) is 6.49. The average molecular weight is 520 g/mol. The quantitative estimate of drug-likeness (QED) is 0.341. The zero-order valence-corrected chi connectivity index (χ0v) is 19.9. The minimum atomic E-state index is -0.334. The molecular weight excluding hydrogens is 486 g/mol. The Kier molecular flexibility index (Phi) is 9.91. The van der Waals surface area contributed by atoms with Gasteiger partial charge in [0.15, 0.2) is 17.5 Å². The molecule has 0 aromatic heterocycles.